The lowest BCUT2D eigenvalue weighted by atomic mass is 10.2. The molecular formula is C12H12ClFN4O2S. The molecule has 4 N–H and O–H groups in total. The van der Waals surface area contributed by atoms with Crippen molar-refractivity contribution in [1.29, 1.82) is 0 Å². The fourth-order valence-electron chi connectivity index (χ4n) is 1.59. The van der Waals surface area contributed by atoms with Crippen LogP contribution >= 0.6 is 11.6 Å². The van der Waals surface area contributed by atoms with Gasteiger partial charge in [-0.2, -0.15) is 0 Å². The Kier molecular flexibility index (Phi) is 4.31. The minimum absolute atomic E-state index is 0.0325. The number of nitrogen functional groups attached to an aromatic ring is 1. The number of nitrogens with zero attached hydrogens (tertiary/aromatic N) is 1. The van der Waals surface area contributed by atoms with Gasteiger partial charge in [-0.25, -0.2) is 23.6 Å². The third-order valence-corrected chi connectivity index (χ3v) is 4.25. The van der Waals surface area contributed by atoms with Gasteiger partial charge in [0.05, 0.1) is 10.7 Å². The maximum Gasteiger partial charge on any atom is 0.263 e. The van der Waals surface area contributed by atoms with E-state index >= 15 is 0 Å². The minimum Gasteiger partial charge on any atom is -0.307 e. The van der Waals surface area contributed by atoms with E-state index in [9.17, 15) is 12.8 Å². The molecule has 0 radical (unpaired) electrons. The molecule has 0 aliphatic carbocycles. The number of anilines is 2. The van der Waals surface area contributed by atoms with Crippen LogP contribution in [-0.2, 0) is 10.0 Å². The van der Waals surface area contributed by atoms with Crippen LogP contribution in [0.15, 0.2) is 35.4 Å². The number of benzene rings is 1. The summed E-state index contributed by atoms with van der Waals surface area (Å²) in [5.74, 6) is 4.62. The summed E-state index contributed by atoms with van der Waals surface area (Å²) in [4.78, 5) is 3.56. The highest BCUT2D eigenvalue weighted by Crippen LogP contribution is 2.24. The van der Waals surface area contributed by atoms with Gasteiger partial charge in [0.2, 0.25) is 0 Å². The number of rotatable bonds is 4. The molecule has 6 nitrogen and oxygen atoms in total. The van der Waals surface area contributed by atoms with Gasteiger partial charge in [0.15, 0.2) is 5.82 Å². The molecule has 0 spiro atoms. The van der Waals surface area contributed by atoms with Gasteiger partial charge in [-0.1, -0.05) is 17.7 Å². The van der Waals surface area contributed by atoms with Crippen molar-refractivity contribution in [2.75, 3.05) is 10.1 Å². The predicted molar refractivity (Wildman–Crippen MR) is 79.0 cm³/mol. The molecule has 0 saturated carbocycles. The molecule has 0 amide bonds. The lowest BCUT2D eigenvalue weighted by Crippen LogP contribution is -2.15. The minimum atomic E-state index is -4.01. The van der Waals surface area contributed by atoms with E-state index in [1.807, 2.05) is 0 Å². The third-order valence-electron chi connectivity index (χ3n) is 2.63. The second-order valence-electron chi connectivity index (χ2n) is 4.23. The van der Waals surface area contributed by atoms with Crippen molar-refractivity contribution >= 4 is 33.1 Å². The van der Waals surface area contributed by atoms with Crippen molar-refractivity contribution in [3.8, 4) is 0 Å². The van der Waals surface area contributed by atoms with E-state index in [2.05, 4.69) is 15.1 Å². The molecule has 0 atom stereocenters. The van der Waals surface area contributed by atoms with Gasteiger partial charge in [-0.05, 0) is 30.7 Å². The van der Waals surface area contributed by atoms with E-state index in [0.717, 1.165) is 6.20 Å². The summed E-state index contributed by atoms with van der Waals surface area (Å²) in [5.41, 5.74) is 2.79. The summed E-state index contributed by atoms with van der Waals surface area (Å²) < 4.78 is 40.2. The second-order valence-corrected chi connectivity index (χ2v) is 6.32. The van der Waals surface area contributed by atoms with Crippen LogP contribution in [0.5, 0.6) is 0 Å². The van der Waals surface area contributed by atoms with Crippen LogP contribution in [0.1, 0.15) is 5.56 Å². The maximum atomic E-state index is 13.6. The van der Waals surface area contributed by atoms with Crippen molar-refractivity contribution in [2.45, 2.75) is 11.8 Å². The first-order valence-corrected chi connectivity index (χ1v) is 7.61. The summed E-state index contributed by atoms with van der Waals surface area (Å²) in [6, 6.07) is 5.27. The van der Waals surface area contributed by atoms with Crippen molar-refractivity contribution in [3.05, 3.63) is 46.9 Å². The summed E-state index contributed by atoms with van der Waals surface area (Å²) in [5, 5.41) is 0.0325. The molecule has 2 aromatic rings. The van der Waals surface area contributed by atoms with E-state index < -0.39 is 15.8 Å². The molecule has 1 heterocycles. The summed E-state index contributed by atoms with van der Waals surface area (Å²) in [6.07, 6.45) is 1.07. The van der Waals surface area contributed by atoms with Crippen LogP contribution in [-0.4, -0.2) is 13.4 Å². The summed E-state index contributed by atoms with van der Waals surface area (Å²) >= 11 is 5.82. The Balaban J connectivity index is 2.38. The highest BCUT2D eigenvalue weighted by atomic mass is 35.5. The average Bonchev–Trinajstić information content (AvgIpc) is 2.42. The van der Waals surface area contributed by atoms with Crippen LogP contribution in [0.25, 0.3) is 0 Å². The van der Waals surface area contributed by atoms with Crippen LogP contribution in [0, 0.1) is 12.7 Å². The van der Waals surface area contributed by atoms with Gasteiger partial charge >= 0.3 is 0 Å². The summed E-state index contributed by atoms with van der Waals surface area (Å²) in [6.45, 7) is 1.72. The molecule has 1 aromatic heterocycles. The van der Waals surface area contributed by atoms with Crippen LogP contribution in [0.3, 0.4) is 0 Å². The molecule has 0 aliphatic rings. The lowest BCUT2D eigenvalue weighted by Gasteiger charge is -2.10. The predicted octanol–water partition coefficient (Wildman–Crippen LogP) is 2.27. The van der Waals surface area contributed by atoms with Crippen LogP contribution < -0.4 is 16.0 Å². The Morgan fingerprint density at radius 1 is 1.33 bits per heavy atom. The summed E-state index contributed by atoms with van der Waals surface area (Å²) in [7, 11) is -4.01. The molecule has 0 bridgehead atoms. The third kappa shape index (κ3) is 3.41. The van der Waals surface area contributed by atoms with Crippen molar-refractivity contribution < 1.29 is 12.8 Å². The number of nitrogens with one attached hydrogen (secondary N) is 2. The second kappa shape index (κ2) is 5.84. The first-order valence-electron chi connectivity index (χ1n) is 5.74. The van der Waals surface area contributed by atoms with Gasteiger partial charge < -0.3 is 5.43 Å². The number of pyridine rings is 1. The van der Waals surface area contributed by atoms with Crippen molar-refractivity contribution in [2.24, 2.45) is 5.84 Å². The fraction of sp³-hybridized carbons (Fsp3) is 0.0833. The Morgan fingerprint density at radius 2 is 2.05 bits per heavy atom. The van der Waals surface area contributed by atoms with Gasteiger partial charge in [0.1, 0.15) is 10.7 Å². The fourth-order valence-corrected chi connectivity index (χ4v) is 2.91. The van der Waals surface area contributed by atoms with Crippen LogP contribution in [0.4, 0.5) is 15.9 Å². The first kappa shape index (κ1) is 15.5. The normalized spacial score (nSPS) is 11.2. The van der Waals surface area contributed by atoms with Gasteiger partial charge in [0, 0.05) is 6.20 Å². The molecular weight excluding hydrogens is 319 g/mol. The Hall–Kier alpha value is -1.90. The maximum absolute atomic E-state index is 13.6. The van der Waals surface area contributed by atoms with E-state index in [1.54, 1.807) is 6.92 Å². The number of nitrogens with two attached hydrogens (primary N) is 1. The largest absolute Gasteiger partial charge is 0.307 e. The highest BCUT2D eigenvalue weighted by molar-refractivity contribution is 7.92. The van der Waals surface area contributed by atoms with E-state index in [1.165, 1.54) is 24.3 Å². The lowest BCUT2D eigenvalue weighted by molar-refractivity contribution is 0.598. The number of sulfonamides is 1. The topological polar surface area (TPSA) is 97.1 Å². The molecule has 0 fully saturated rings. The van der Waals surface area contributed by atoms with Gasteiger partial charge in [0.25, 0.3) is 10.0 Å². The SMILES string of the molecule is Cc1ccc(F)c(NS(=O)(=O)c2cnc(NN)c(Cl)c2)c1. The van der Waals surface area contributed by atoms with Gasteiger partial charge in [-0.3, -0.25) is 4.72 Å². The number of hydrazine groups is 1. The molecule has 0 aliphatic heterocycles. The van der Waals surface area contributed by atoms with Crippen LogP contribution in [0.2, 0.25) is 5.02 Å². The number of halogens is 2. The number of hydrogen-bond acceptors (Lipinski definition) is 5. The van der Waals surface area contributed by atoms with Crippen molar-refractivity contribution in [3.63, 3.8) is 0 Å². The average molecular weight is 331 g/mol. The Labute approximate surface area is 126 Å². The quantitative estimate of drug-likeness (QED) is 0.590. The zero-order valence-electron chi connectivity index (χ0n) is 10.9. The molecule has 2 rings (SSSR count). The number of hydrogen-bond donors (Lipinski definition) is 3. The number of aryl methyl sites for hydroxylation is 1. The van der Waals surface area contributed by atoms with E-state index in [0.29, 0.717) is 5.56 Å². The molecule has 0 saturated heterocycles. The molecule has 0 unspecified atom stereocenters. The van der Waals surface area contributed by atoms with Gasteiger partial charge in [-0.15, -0.1) is 0 Å². The molecule has 9 heteroatoms. The van der Waals surface area contributed by atoms with E-state index in [4.69, 9.17) is 17.4 Å². The standard InChI is InChI=1S/C12H12ClFN4O2S/c1-7-2-3-10(14)11(4-7)18-21(19,20)8-5-9(13)12(17-15)16-6-8/h2-6,18H,15H2,1H3,(H,16,17). The Morgan fingerprint density at radius 3 is 2.67 bits per heavy atom. The highest BCUT2D eigenvalue weighted by Gasteiger charge is 2.18. The molecule has 112 valence electrons. The van der Waals surface area contributed by atoms with Crippen molar-refractivity contribution in [1.82, 2.24) is 4.98 Å². The first-order chi connectivity index (χ1) is 9.83. The molecule has 21 heavy (non-hydrogen) atoms. The number of aromatic nitrogens is 1. The van der Waals surface area contributed by atoms with E-state index in [-0.39, 0.29) is 21.4 Å². The Bertz CT molecular complexity index is 783. The zero-order chi connectivity index (χ0) is 15.6. The smallest absolute Gasteiger partial charge is 0.263 e. The monoisotopic (exact) mass is 330 g/mol. The molecule has 1 aromatic carbocycles. The zero-order valence-corrected chi connectivity index (χ0v) is 12.5.